The molecule has 1 aromatic rings. The van der Waals surface area contributed by atoms with Crippen LogP contribution in [0.25, 0.3) is 0 Å². The fraction of sp³-hybridized carbons (Fsp3) is 0.692. The van der Waals surface area contributed by atoms with E-state index in [4.69, 9.17) is 28.4 Å². The van der Waals surface area contributed by atoms with Crippen LogP contribution >= 0.6 is 0 Å². The Morgan fingerprint density at radius 2 is 0.638 bits per heavy atom. The summed E-state index contributed by atoms with van der Waals surface area (Å²) in [5.74, 6) is -5.20. The van der Waals surface area contributed by atoms with Crippen molar-refractivity contribution in [2.45, 2.75) is 92.1 Å². The minimum absolute atomic E-state index is 0.207. The first-order valence-electron chi connectivity index (χ1n) is 21.4. The van der Waals surface area contributed by atoms with Crippen LogP contribution in [-0.2, 0) is 42.8 Å². The van der Waals surface area contributed by atoms with Crippen LogP contribution in [0.2, 0.25) is 0 Å². The van der Waals surface area contributed by atoms with Crippen molar-refractivity contribution in [3.8, 4) is 0 Å². The number of benzene rings is 1. The number of aliphatic hydroxyl groups is 12. The van der Waals surface area contributed by atoms with Gasteiger partial charge >= 0.3 is 0 Å². The molecule has 3 aliphatic heterocycles. The van der Waals surface area contributed by atoms with E-state index in [2.05, 4.69) is 31.9 Å². The summed E-state index contributed by atoms with van der Waals surface area (Å²) < 4.78 is 31.5. The Kier molecular flexibility index (Phi) is 22.8. The lowest BCUT2D eigenvalue weighted by Crippen LogP contribution is -2.59. The highest BCUT2D eigenvalue weighted by Crippen LogP contribution is 2.24. The highest BCUT2D eigenvalue weighted by Gasteiger charge is 2.46. The molecule has 390 valence electrons. The van der Waals surface area contributed by atoms with Gasteiger partial charge in [-0.2, -0.15) is 0 Å². The number of ether oxygens (including phenoxy) is 6. The molecular formula is C39H60N6O24. The largest absolute Gasteiger partial charge is 0.394 e. The van der Waals surface area contributed by atoms with Crippen molar-refractivity contribution < 1.29 is 118 Å². The molecule has 1 aromatic carbocycles. The van der Waals surface area contributed by atoms with E-state index in [1.807, 2.05) is 0 Å². The zero-order chi connectivity index (χ0) is 50.9. The molecule has 4 rings (SSSR count). The van der Waals surface area contributed by atoms with Gasteiger partial charge < -0.3 is 122 Å². The molecule has 3 fully saturated rings. The highest BCUT2D eigenvalue weighted by molar-refractivity contribution is 6.06. The van der Waals surface area contributed by atoms with E-state index in [0.717, 1.165) is 18.2 Å². The van der Waals surface area contributed by atoms with Crippen LogP contribution in [0.5, 0.6) is 0 Å². The molecule has 69 heavy (non-hydrogen) atoms. The van der Waals surface area contributed by atoms with Crippen molar-refractivity contribution in [2.24, 2.45) is 0 Å². The van der Waals surface area contributed by atoms with Gasteiger partial charge in [0.25, 0.3) is 17.7 Å². The van der Waals surface area contributed by atoms with Gasteiger partial charge in [0.1, 0.15) is 73.2 Å². The lowest BCUT2D eigenvalue weighted by atomic mass is 9.99. The molecule has 0 aliphatic carbocycles. The lowest BCUT2D eigenvalue weighted by molar-refractivity contribution is -0.300. The maximum absolute atomic E-state index is 13.3. The molecule has 6 amide bonds. The summed E-state index contributed by atoms with van der Waals surface area (Å²) in [6.07, 6.45) is -23.0. The third-order valence-corrected chi connectivity index (χ3v) is 10.6. The zero-order valence-electron chi connectivity index (χ0n) is 36.6. The van der Waals surface area contributed by atoms with E-state index in [1.54, 1.807) is 0 Å². The van der Waals surface area contributed by atoms with Crippen molar-refractivity contribution in [3.05, 3.63) is 34.9 Å². The van der Waals surface area contributed by atoms with Gasteiger partial charge in [-0.3, -0.25) is 28.8 Å². The Labute approximate surface area is 391 Å². The molecule has 0 aromatic heterocycles. The minimum Gasteiger partial charge on any atom is -0.394 e. The quantitative estimate of drug-likeness (QED) is 0.0428. The minimum atomic E-state index is -1.69. The Bertz CT molecular complexity index is 1650. The number of carbonyl (C=O) groups excluding carboxylic acids is 6. The van der Waals surface area contributed by atoms with Crippen molar-refractivity contribution in [3.63, 3.8) is 0 Å². The first-order chi connectivity index (χ1) is 32.8. The lowest BCUT2D eigenvalue weighted by Gasteiger charge is -2.39. The number of hydrogen-bond acceptors (Lipinski definition) is 24. The van der Waals surface area contributed by atoms with Gasteiger partial charge in [-0.1, -0.05) is 0 Å². The standard InChI is InChI=1S/C39H60N6O24/c46-13-19-25(52)28(55)31(58)37(67-19)64-4-1-40-22(49)10-43-34(61)16-7-17(35(62)44-11-23(50)41-2-5-65-38-32(59)29(56)26(53)20(14-47)68-38)9-18(8-16)36(63)45-12-24(51)42-3-6-66-39-33(60)30(57)27(54)21(15-48)69-39/h7-9,19-21,25-33,37-39,46-48,52-60H,1-6,10-15H2,(H,40,49)(H,41,50)(H,42,51)(H,43,61)(H,44,62)(H,45,63)/t19-,20-,21-,25-,26-,27-,28+,29+,30+,31+,32+,33+,37+,38+,39+/m1/s1. The Morgan fingerprint density at radius 3 is 0.870 bits per heavy atom. The summed E-state index contributed by atoms with van der Waals surface area (Å²) in [4.78, 5) is 77.4. The maximum Gasteiger partial charge on any atom is 0.251 e. The summed E-state index contributed by atoms with van der Waals surface area (Å²) >= 11 is 0. The van der Waals surface area contributed by atoms with E-state index in [1.165, 1.54) is 0 Å². The van der Waals surface area contributed by atoms with Crippen LogP contribution in [0.1, 0.15) is 31.1 Å². The second-order valence-corrected chi connectivity index (χ2v) is 15.6. The van der Waals surface area contributed by atoms with Gasteiger partial charge in [-0.05, 0) is 18.2 Å². The van der Waals surface area contributed by atoms with E-state index in [9.17, 15) is 90.0 Å². The van der Waals surface area contributed by atoms with Crippen LogP contribution in [-0.4, -0.2) is 268 Å². The topological polar surface area (TPSA) is 473 Å². The average molecular weight is 997 g/mol. The molecule has 0 spiro atoms. The molecule has 30 nitrogen and oxygen atoms in total. The van der Waals surface area contributed by atoms with Gasteiger partial charge in [-0.25, -0.2) is 0 Å². The molecule has 0 radical (unpaired) electrons. The molecule has 15 atom stereocenters. The molecule has 18 N–H and O–H groups in total. The molecule has 3 aliphatic rings. The Morgan fingerprint density at radius 1 is 0.391 bits per heavy atom. The fourth-order valence-corrected chi connectivity index (χ4v) is 6.71. The number of amides is 6. The van der Waals surface area contributed by atoms with Gasteiger partial charge in [0, 0.05) is 36.3 Å². The molecule has 0 saturated carbocycles. The van der Waals surface area contributed by atoms with Crippen molar-refractivity contribution in [2.75, 3.05) is 78.9 Å². The van der Waals surface area contributed by atoms with Gasteiger partial charge in [0.2, 0.25) is 17.7 Å². The van der Waals surface area contributed by atoms with Crippen LogP contribution in [0.4, 0.5) is 0 Å². The second kappa shape index (κ2) is 27.6. The second-order valence-electron chi connectivity index (χ2n) is 15.6. The molecule has 0 bridgehead atoms. The van der Waals surface area contributed by atoms with Gasteiger partial charge in [0.05, 0.1) is 59.3 Å². The van der Waals surface area contributed by atoms with Crippen molar-refractivity contribution in [1.82, 2.24) is 31.9 Å². The van der Waals surface area contributed by atoms with E-state index in [0.29, 0.717) is 0 Å². The molecule has 0 unspecified atom stereocenters. The Hall–Kier alpha value is -4.68. The van der Waals surface area contributed by atoms with Crippen molar-refractivity contribution in [1.29, 1.82) is 0 Å². The first-order valence-corrected chi connectivity index (χ1v) is 21.4. The zero-order valence-corrected chi connectivity index (χ0v) is 36.6. The van der Waals surface area contributed by atoms with Gasteiger partial charge in [0.15, 0.2) is 18.9 Å². The smallest absolute Gasteiger partial charge is 0.251 e. The third-order valence-electron chi connectivity index (χ3n) is 10.6. The molecule has 3 saturated heterocycles. The SMILES string of the molecule is O=C(CNC(=O)c1cc(C(=O)NCC(=O)NCCO[C@H]2O[C@H](CO)[C@@H](O)[C@H](O)[C@@H]2O)cc(C(=O)NCC(=O)NCCO[C@H]2O[C@H](CO)[C@@H](O)[C@H](O)[C@@H]2O)c1)NCCO[C@H]1O[C@H](CO)[C@@H](O)[C@H](O)[C@@H]1O. The maximum atomic E-state index is 13.3. The van der Waals surface area contributed by atoms with Gasteiger partial charge in [-0.15, -0.1) is 0 Å². The number of nitrogens with one attached hydrogen (secondary N) is 6. The van der Waals surface area contributed by atoms with Crippen LogP contribution < -0.4 is 31.9 Å². The van der Waals surface area contributed by atoms with E-state index < -0.39 is 167 Å². The van der Waals surface area contributed by atoms with Crippen LogP contribution in [0.3, 0.4) is 0 Å². The monoisotopic (exact) mass is 996 g/mol. The van der Waals surface area contributed by atoms with E-state index >= 15 is 0 Å². The summed E-state index contributed by atoms with van der Waals surface area (Å²) in [6, 6.07) is 3.09. The summed E-state index contributed by atoms with van der Waals surface area (Å²) in [5.41, 5.74) is -1.01. The number of aliphatic hydroxyl groups excluding tert-OH is 12. The first kappa shape index (κ1) is 56.9. The summed E-state index contributed by atoms with van der Waals surface area (Å²) in [6.45, 7) is -5.53. The van der Waals surface area contributed by atoms with Crippen LogP contribution in [0.15, 0.2) is 18.2 Å². The Balaban J connectivity index is 1.31. The fourth-order valence-electron chi connectivity index (χ4n) is 6.71. The van der Waals surface area contributed by atoms with Crippen molar-refractivity contribution >= 4 is 35.4 Å². The van der Waals surface area contributed by atoms with E-state index in [-0.39, 0.29) is 56.1 Å². The summed E-state index contributed by atoms with van der Waals surface area (Å²) in [7, 11) is 0. The predicted molar refractivity (Wildman–Crippen MR) is 222 cm³/mol. The normalized spacial score (nSPS) is 31.2. The molecule has 30 heteroatoms. The molecule has 3 heterocycles. The number of rotatable bonds is 24. The van der Waals surface area contributed by atoms with Crippen LogP contribution in [0, 0.1) is 0 Å². The number of carbonyl (C=O) groups is 6. The highest BCUT2D eigenvalue weighted by atomic mass is 16.7. The third kappa shape index (κ3) is 16.2. The predicted octanol–water partition coefficient (Wildman–Crippen LogP) is -11.3. The average Bonchev–Trinajstić information content (AvgIpc) is 3.34. The number of hydrogen-bond donors (Lipinski definition) is 18. The molecular weight excluding hydrogens is 936 g/mol. The summed E-state index contributed by atoms with van der Waals surface area (Å²) in [5, 5.41) is 132.